The number of furan rings is 1. The molecular formula is C16H18N2O6S. The molecule has 8 nitrogen and oxygen atoms in total. The maximum atomic E-state index is 12.5. The molecule has 134 valence electrons. The number of aryl methyl sites for hydroxylation is 1. The minimum Gasteiger partial charge on any atom is -0.508 e. The summed E-state index contributed by atoms with van der Waals surface area (Å²) < 4.78 is 36.7. The molecule has 1 aliphatic rings. The fourth-order valence-corrected chi connectivity index (χ4v) is 3.79. The van der Waals surface area contributed by atoms with E-state index in [1.165, 1.54) is 28.6 Å². The largest absolute Gasteiger partial charge is 0.508 e. The Balaban J connectivity index is 1.77. The van der Waals surface area contributed by atoms with E-state index in [4.69, 9.17) is 9.15 Å². The molecule has 1 aromatic carbocycles. The number of anilines is 1. The van der Waals surface area contributed by atoms with E-state index in [1.54, 1.807) is 13.0 Å². The first kappa shape index (κ1) is 17.5. The van der Waals surface area contributed by atoms with E-state index in [1.807, 2.05) is 0 Å². The van der Waals surface area contributed by atoms with Gasteiger partial charge >= 0.3 is 0 Å². The van der Waals surface area contributed by atoms with Crippen molar-refractivity contribution in [1.82, 2.24) is 4.31 Å². The number of nitrogens with zero attached hydrogens (tertiary/aromatic N) is 1. The molecule has 0 saturated carbocycles. The Hall–Kier alpha value is -2.36. The molecule has 0 bridgehead atoms. The molecule has 25 heavy (non-hydrogen) atoms. The first-order valence-electron chi connectivity index (χ1n) is 7.66. The van der Waals surface area contributed by atoms with Crippen LogP contribution >= 0.6 is 0 Å². The van der Waals surface area contributed by atoms with E-state index in [0.717, 1.165) is 0 Å². The molecule has 1 fully saturated rings. The smallest absolute Gasteiger partial charge is 0.291 e. The van der Waals surface area contributed by atoms with E-state index >= 15 is 0 Å². The fraction of sp³-hybridized carbons (Fsp3) is 0.312. The van der Waals surface area contributed by atoms with E-state index in [-0.39, 0.29) is 29.7 Å². The molecule has 1 aliphatic heterocycles. The highest BCUT2D eigenvalue weighted by Gasteiger charge is 2.30. The van der Waals surface area contributed by atoms with E-state index < -0.39 is 15.9 Å². The number of phenols is 1. The Morgan fingerprint density at radius 3 is 2.60 bits per heavy atom. The number of carbonyl (C=O) groups excluding carboxylic acids is 1. The van der Waals surface area contributed by atoms with Gasteiger partial charge in [0.15, 0.2) is 5.76 Å². The third-order valence-corrected chi connectivity index (χ3v) is 5.60. The Labute approximate surface area is 145 Å². The number of morpholine rings is 1. The molecule has 1 aromatic heterocycles. The highest BCUT2D eigenvalue weighted by molar-refractivity contribution is 7.89. The number of hydrogen-bond acceptors (Lipinski definition) is 6. The van der Waals surface area contributed by atoms with Crippen molar-refractivity contribution in [1.29, 1.82) is 0 Å². The number of hydrogen-bond donors (Lipinski definition) is 2. The molecule has 2 N–H and O–H groups in total. The van der Waals surface area contributed by atoms with Crippen molar-refractivity contribution in [3.05, 3.63) is 41.7 Å². The van der Waals surface area contributed by atoms with Gasteiger partial charge in [-0.05, 0) is 42.8 Å². The van der Waals surface area contributed by atoms with Crippen molar-refractivity contribution in [3.8, 4) is 5.75 Å². The quantitative estimate of drug-likeness (QED) is 0.795. The zero-order valence-electron chi connectivity index (χ0n) is 13.6. The first-order chi connectivity index (χ1) is 11.9. The van der Waals surface area contributed by atoms with Crippen LogP contribution in [0.2, 0.25) is 0 Å². The molecule has 2 heterocycles. The molecule has 0 atom stereocenters. The van der Waals surface area contributed by atoms with Crippen LogP contribution in [0.1, 0.15) is 16.1 Å². The second-order valence-electron chi connectivity index (χ2n) is 5.59. The molecule has 3 rings (SSSR count). The van der Waals surface area contributed by atoms with Crippen molar-refractivity contribution in [3.63, 3.8) is 0 Å². The lowest BCUT2D eigenvalue weighted by Crippen LogP contribution is -2.40. The van der Waals surface area contributed by atoms with Gasteiger partial charge in [-0.25, -0.2) is 8.42 Å². The number of ether oxygens (including phenoxy) is 1. The summed E-state index contributed by atoms with van der Waals surface area (Å²) >= 11 is 0. The van der Waals surface area contributed by atoms with Crippen LogP contribution in [-0.4, -0.2) is 50.0 Å². The summed E-state index contributed by atoms with van der Waals surface area (Å²) in [7, 11) is -3.79. The Morgan fingerprint density at radius 1 is 1.20 bits per heavy atom. The van der Waals surface area contributed by atoms with Crippen molar-refractivity contribution in [2.75, 3.05) is 31.6 Å². The Morgan fingerprint density at radius 2 is 1.92 bits per heavy atom. The highest BCUT2D eigenvalue weighted by atomic mass is 32.2. The summed E-state index contributed by atoms with van der Waals surface area (Å²) in [5.74, 6) is -0.594. The van der Waals surface area contributed by atoms with E-state index in [0.29, 0.717) is 24.5 Å². The predicted molar refractivity (Wildman–Crippen MR) is 89.1 cm³/mol. The van der Waals surface area contributed by atoms with Crippen LogP contribution in [0.25, 0.3) is 0 Å². The lowest BCUT2D eigenvalue weighted by Gasteiger charge is -2.24. The van der Waals surface area contributed by atoms with E-state index in [2.05, 4.69) is 5.32 Å². The molecule has 9 heteroatoms. The molecule has 2 aromatic rings. The van der Waals surface area contributed by atoms with Gasteiger partial charge in [-0.2, -0.15) is 4.31 Å². The minimum absolute atomic E-state index is 0.0902. The zero-order chi connectivity index (χ0) is 18.0. The molecule has 1 amide bonds. The summed E-state index contributed by atoms with van der Waals surface area (Å²) in [4.78, 5) is 12.3. The van der Waals surface area contributed by atoms with Gasteiger partial charge in [-0.3, -0.25) is 4.79 Å². The molecule has 0 unspecified atom stereocenters. The molecule has 0 radical (unpaired) electrons. The SMILES string of the molecule is Cc1cc(O)ccc1NC(=O)c1ccc(S(=O)(=O)N2CCOCC2)o1. The van der Waals surface area contributed by atoms with Gasteiger partial charge in [0.25, 0.3) is 15.9 Å². The van der Waals surface area contributed by atoms with Crippen LogP contribution in [0.15, 0.2) is 39.8 Å². The van der Waals surface area contributed by atoms with Crippen LogP contribution in [0, 0.1) is 6.92 Å². The highest BCUT2D eigenvalue weighted by Crippen LogP contribution is 2.23. The second-order valence-corrected chi connectivity index (χ2v) is 7.46. The topological polar surface area (TPSA) is 109 Å². The molecule has 0 aliphatic carbocycles. The van der Waals surface area contributed by atoms with Crippen LogP contribution in [0.5, 0.6) is 5.75 Å². The lowest BCUT2D eigenvalue weighted by atomic mass is 10.2. The van der Waals surface area contributed by atoms with Gasteiger partial charge in [0.2, 0.25) is 5.09 Å². The minimum atomic E-state index is -3.79. The average Bonchev–Trinajstić information content (AvgIpc) is 3.09. The second kappa shape index (κ2) is 6.87. The summed E-state index contributed by atoms with van der Waals surface area (Å²) in [6.07, 6.45) is 0. The standard InChI is InChI=1S/C16H18N2O6S/c1-11-10-12(19)2-3-13(11)17-16(20)14-4-5-15(24-14)25(21,22)18-6-8-23-9-7-18/h2-5,10,19H,6-9H2,1H3,(H,17,20). The van der Waals surface area contributed by atoms with Gasteiger partial charge < -0.3 is 19.6 Å². The Bertz CT molecular complexity index is 884. The fourth-order valence-electron chi connectivity index (χ4n) is 2.47. The zero-order valence-corrected chi connectivity index (χ0v) is 14.4. The number of rotatable bonds is 4. The van der Waals surface area contributed by atoms with Gasteiger partial charge in [-0.15, -0.1) is 0 Å². The summed E-state index contributed by atoms with van der Waals surface area (Å²) in [6, 6.07) is 7.09. The number of benzene rings is 1. The predicted octanol–water partition coefficient (Wildman–Crippen LogP) is 1.57. The van der Waals surface area contributed by atoms with Crippen LogP contribution in [0.4, 0.5) is 5.69 Å². The number of sulfonamides is 1. The number of amides is 1. The summed E-state index contributed by atoms with van der Waals surface area (Å²) in [5, 5.41) is 11.7. The van der Waals surface area contributed by atoms with Gasteiger partial charge in [0.1, 0.15) is 5.75 Å². The number of phenolic OH excluding ortho intramolecular Hbond substituents is 1. The van der Waals surface area contributed by atoms with Crippen LogP contribution < -0.4 is 5.32 Å². The van der Waals surface area contributed by atoms with Crippen LogP contribution in [-0.2, 0) is 14.8 Å². The van der Waals surface area contributed by atoms with Crippen molar-refractivity contribution >= 4 is 21.6 Å². The number of aromatic hydroxyl groups is 1. The van der Waals surface area contributed by atoms with Gasteiger partial charge in [0, 0.05) is 18.8 Å². The van der Waals surface area contributed by atoms with Gasteiger partial charge in [-0.1, -0.05) is 0 Å². The first-order valence-corrected chi connectivity index (χ1v) is 9.10. The molecular weight excluding hydrogens is 348 g/mol. The third-order valence-electron chi connectivity index (χ3n) is 3.83. The summed E-state index contributed by atoms with van der Waals surface area (Å²) in [5.41, 5.74) is 1.16. The molecule has 0 spiro atoms. The maximum absolute atomic E-state index is 12.5. The lowest BCUT2D eigenvalue weighted by molar-refractivity contribution is 0.0723. The van der Waals surface area contributed by atoms with Crippen molar-refractivity contribution < 1.29 is 27.5 Å². The van der Waals surface area contributed by atoms with Crippen molar-refractivity contribution in [2.45, 2.75) is 12.0 Å². The van der Waals surface area contributed by atoms with Gasteiger partial charge in [0.05, 0.1) is 13.2 Å². The normalized spacial score (nSPS) is 15.9. The average molecular weight is 366 g/mol. The Kier molecular flexibility index (Phi) is 4.80. The maximum Gasteiger partial charge on any atom is 0.291 e. The van der Waals surface area contributed by atoms with E-state index in [9.17, 15) is 18.3 Å². The number of carbonyl (C=O) groups is 1. The third kappa shape index (κ3) is 3.68. The van der Waals surface area contributed by atoms with Crippen molar-refractivity contribution in [2.24, 2.45) is 0 Å². The molecule has 1 saturated heterocycles. The number of nitrogens with one attached hydrogen (secondary N) is 1. The monoisotopic (exact) mass is 366 g/mol. The summed E-state index contributed by atoms with van der Waals surface area (Å²) in [6.45, 7) is 2.88. The van der Waals surface area contributed by atoms with Crippen LogP contribution in [0.3, 0.4) is 0 Å².